The molecule has 0 aliphatic rings. The third kappa shape index (κ3) is 3.14. The number of hydrogen-bond donors (Lipinski definition) is 2. The molecule has 1 aromatic carbocycles. The van der Waals surface area contributed by atoms with Crippen molar-refractivity contribution in [2.24, 2.45) is 0 Å². The average molecular weight is 266 g/mol. The van der Waals surface area contributed by atoms with Crippen LogP contribution in [0.1, 0.15) is 40.8 Å². The van der Waals surface area contributed by atoms with E-state index in [1.807, 2.05) is 33.8 Å². The van der Waals surface area contributed by atoms with E-state index in [1.165, 1.54) is 0 Å². The van der Waals surface area contributed by atoms with Crippen LogP contribution < -0.4 is 0 Å². The molecule has 0 radical (unpaired) electrons. The molecule has 0 saturated heterocycles. The van der Waals surface area contributed by atoms with E-state index in [1.54, 1.807) is 6.92 Å². The minimum absolute atomic E-state index is 0.174. The predicted molar refractivity (Wildman–Crippen MR) is 73.0 cm³/mol. The zero-order valence-electron chi connectivity index (χ0n) is 12.2. The number of aliphatic hydroxyl groups is 2. The fourth-order valence-corrected chi connectivity index (χ4v) is 2.21. The minimum Gasteiger partial charge on any atom is -0.464 e. The van der Waals surface area contributed by atoms with Crippen molar-refractivity contribution in [1.82, 2.24) is 0 Å². The maximum Gasteiger partial charge on any atom is 0.338 e. The van der Waals surface area contributed by atoms with Crippen LogP contribution in [0.5, 0.6) is 0 Å². The number of esters is 1. The second kappa shape index (κ2) is 6.17. The zero-order chi connectivity index (χ0) is 14.7. The van der Waals surface area contributed by atoms with Crippen LogP contribution in [0.3, 0.4) is 0 Å². The van der Waals surface area contributed by atoms with E-state index in [0.717, 1.165) is 22.3 Å². The highest BCUT2D eigenvalue weighted by Gasteiger charge is 2.29. The largest absolute Gasteiger partial charge is 0.464 e. The van der Waals surface area contributed by atoms with E-state index in [-0.39, 0.29) is 6.61 Å². The Morgan fingerprint density at radius 1 is 1.16 bits per heavy atom. The van der Waals surface area contributed by atoms with E-state index in [2.05, 4.69) is 0 Å². The third-order valence-electron chi connectivity index (χ3n) is 3.55. The first kappa shape index (κ1) is 15.7. The summed E-state index contributed by atoms with van der Waals surface area (Å²) in [6.45, 7) is 9.46. The molecule has 2 N–H and O–H groups in total. The van der Waals surface area contributed by atoms with Gasteiger partial charge in [-0.15, -0.1) is 0 Å². The normalized spacial score (nSPS) is 14.1. The van der Waals surface area contributed by atoms with Gasteiger partial charge in [0.15, 0.2) is 6.10 Å². The topological polar surface area (TPSA) is 66.8 Å². The Balaban J connectivity index is 3.19. The molecule has 106 valence electrons. The maximum absolute atomic E-state index is 11.5. The molecule has 2 unspecified atom stereocenters. The van der Waals surface area contributed by atoms with Gasteiger partial charge < -0.3 is 14.9 Å². The summed E-state index contributed by atoms with van der Waals surface area (Å²) in [4.78, 5) is 11.5. The van der Waals surface area contributed by atoms with E-state index < -0.39 is 18.2 Å². The van der Waals surface area contributed by atoms with Crippen LogP contribution in [0, 0.1) is 27.7 Å². The molecule has 0 fully saturated rings. The Morgan fingerprint density at radius 2 is 1.63 bits per heavy atom. The minimum atomic E-state index is -1.56. The lowest BCUT2D eigenvalue weighted by molar-refractivity contribution is -0.159. The molecule has 4 nitrogen and oxygen atoms in total. The summed E-state index contributed by atoms with van der Waals surface area (Å²) >= 11 is 0. The standard InChI is InChI=1S/C15H22O4/c1-6-19-15(18)14(17)13(16)12-10(4)8(2)7-9(3)11(12)5/h7,13-14,16-17H,6H2,1-5H3. The summed E-state index contributed by atoms with van der Waals surface area (Å²) in [5.74, 6) is -0.798. The molecule has 1 aromatic rings. The Morgan fingerprint density at radius 3 is 2.05 bits per heavy atom. The molecule has 0 bridgehead atoms. The number of aryl methyl sites for hydroxylation is 2. The number of carbonyl (C=O) groups is 1. The van der Waals surface area contributed by atoms with E-state index in [0.29, 0.717) is 5.56 Å². The first-order valence-corrected chi connectivity index (χ1v) is 6.41. The lowest BCUT2D eigenvalue weighted by Crippen LogP contribution is -2.31. The molecular weight excluding hydrogens is 244 g/mol. The van der Waals surface area contributed by atoms with Gasteiger partial charge in [0.25, 0.3) is 0 Å². The van der Waals surface area contributed by atoms with Crippen LogP contribution in [0.15, 0.2) is 6.07 Å². The van der Waals surface area contributed by atoms with E-state index in [9.17, 15) is 15.0 Å². The molecular formula is C15H22O4. The number of benzene rings is 1. The van der Waals surface area contributed by atoms with Crippen molar-refractivity contribution in [2.75, 3.05) is 6.61 Å². The molecule has 1 rings (SSSR count). The summed E-state index contributed by atoms with van der Waals surface area (Å²) in [6.07, 6.45) is -2.82. The fraction of sp³-hybridized carbons (Fsp3) is 0.533. The highest BCUT2D eigenvalue weighted by molar-refractivity contribution is 5.75. The first-order chi connectivity index (χ1) is 8.81. The van der Waals surface area contributed by atoms with E-state index in [4.69, 9.17) is 4.74 Å². The smallest absolute Gasteiger partial charge is 0.338 e. The lowest BCUT2D eigenvalue weighted by Gasteiger charge is -2.23. The van der Waals surface area contributed by atoms with Gasteiger partial charge in [-0.3, -0.25) is 0 Å². The van der Waals surface area contributed by atoms with Crippen LogP contribution in [0.25, 0.3) is 0 Å². The first-order valence-electron chi connectivity index (χ1n) is 6.41. The Kier molecular flexibility index (Phi) is 5.09. The summed E-state index contributed by atoms with van der Waals surface area (Å²) in [5, 5.41) is 20.1. The van der Waals surface area contributed by atoms with Gasteiger partial charge in [-0.05, 0) is 62.4 Å². The van der Waals surface area contributed by atoms with Crippen LogP contribution in [-0.4, -0.2) is 28.9 Å². The number of ether oxygens (including phenoxy) is 1. The summed E-state index contributed by atoms with van der Waals surface area (Å²) in [7, 11) is 0. The number of aliphatic hydroxyl groups excluding tert-OH is 2. The Bertz CT molecular complexity index is 453. The van der Waals surface area contributed by atoms with Crippen molar-refractivity contribution in [3.63, 3.8) is 0 Å². The monoisotopic (exact) mass is 266 g/mol. The van der Waals surface area contributed by atoms with Gasteiger partial charge in [-0.2, -0.15) is 0 Å². The summed E-state index contributed by atoms with van der Waals surface area (Å²) in [5.41, 5.74) is 4.43. The third-order valence-corrected chi connectivity index (χ3v) is 3.55. The molecule has 4 heteroatoms. The van der Waals surface area contributed by atoms with Crippen molar-refractivity contribution in [1.29, 1.82) is 0 Å². The quantitative estimate of drug-likeness (QED) is 0.817. The number of rotatable bonds is 4. The van der Waals surface area contributed by atoms with Gasteiger partial charge >= 0.3 is 5.97 Å². The average Bonchev–Trinajstić information content (AvgIpc) is 2.36. The maximum atomic E-state index is 11.5. The van der Waals surface area contributed by atoms with Crippen molar-refractivity contribution in [3.05, 3.63) is 33.9 Å². The second-order valence-corrected chi connectivity index (χ2v) is 4.82. The van der Waals surface area contributed by atoms with Gasteiger partial charge in [0.05, 0.1) is 6.61 Å². The van der Waals surface area contributed by atoms with Gasteiger partial charge in [0.1, 0.15) is 6.10 Å². The molecule has 0 aliphatic heterocycles. The highest BCUT2D eigenvalue weighted by Crippen LogP contribution is 2.29. The van der Waals surface area contributed by atoms with Gasteiger partial charge in [-0.25, -0.2) is 4.79 Å². The van der Waals surface area contributed by atoms with E-state index >= 15 is 0 Å². The summed E-state index contributed by atoms with van der Waals surface area (Å²) < 4.78 is 4.74. The lowest BCUT2D eigenvalue weighted by atomic mass is 9.89. The van der Waals surface area contributed by atoms with Crippen molar-refractivity contribution < 1.29 is 19.7 Å². The number of carbonyl (C=O) groups excluding carboxylic acids is 1. The van der Waals surface area contributed by atoms with Crippen molar-refractivity contribution in [3.8, 4) is 0 Å². The van der Waals surface area contributed by atoms with Crippen LogP contribution in [-0.2, 0) is 9.53 Å². The van der Waals surface area contributed by atoms with Gasteiger partial charge in [0.2, 0.25) is 0 Å². The predicted octanol–water partition coefficient (Wildman–Crippen LogP) is 1.88. The molecule has 0 aromatic heterocycles. The van der Waals surface area contributed by atoms with Crippen LogP contribution >= 0.6 is 0 Å². The van der Waals surface area contributed by atoms with Gasteiger partial charge in [0, 0.05) is 0 Å². The molecule has 2 atom stereocenters. The SMILES string of the molecule is CCOC(=O)C(O)C(O)c1c(C)c(C)cc(C)c1C. The molecule has 0 spiro atoms. The molecule has 19 heavy (non-hydrogen) atoms. The van der Waals surface area contributed by atoms with Gasteiger partial charge in [-0.1, -0.05) is 6.07 Å². The Labute approximate surface area is 114 Å². The summed E-state index contributed by atoms with van der Waals surface area (Å²) in [6, 6.07) is 2.03. The molecule has 0 saturated carbocycles. The zero-order valence-corrected chi connectivity index (χ0v) is 12.2. The second-order valence-electron chi connectivity index (χ2n) is 4.82. The fourth-order valence-electron chi connectivity index (χ4n) is 2.21. The van der Waals surface area contributed by atoms with Crippen molar-refractivity contribution in [2.45, 2.75) is 46.8 Å². The molecule has 0 aliphatic carbocycles. The van der Waals surface area contributed by atoms with Crippen LogP contribution in [0.2, 0.25) is 0 Å². The van der Waals surface area contributed by atoms with Crippen LogP contribution in [0.4, 0.5) is 0 Å². The molecule has 0 heterocycles. The highest BCUT2D eigenvalue weighted by atomic mass is 16.5. The molecule has 0 amide bonds. The van der Waals surface area contributed by atoms with Crippen molar-refractivity contribution >= 4 is 5.97 Å². The Hall–Kier alpha value is -1.39. The number of hydrogen-bond acceptors (Lipinski definition) is 4.